The van der Waals surface area contributed by atoms with E-state index in [1.54, 1.807) is 72.8 Å². The summed E-state index contributed by atoms with van der Waals surface area (Å²) in [5.74, 6) is -4.98. The molecule has 0 bridgehead atoms. The minimum Gasteiger partial charge on any atom is -0.467 e. The summed E-state index contributed by atoms with van der Waals surface area (Å²) in [6, 6.07) is 27.7. The predicted molar refractivity (Wildman–Crippen MR) is 494 cm³/mol. The molecule has 23 nitrogen and oxygen atoms in total. The Hall–Kier alpha value is -11.7. The average molecular weight is 1860 g/mol. The van der Waals surface area contributed by atoms with E-state index in [4.69, 9.17) is 18.9 Å². The second-order valence-electron chi connectivity index (χ2n) is 36.2. The molecule has 0 saturated carbocycles. The molecule has 4 amide bonds. The molecule has 133 heavy (non-hydrogen) atoms. The Labute approximate surface area is 767 Å². The molecule has 0 aliphatic carbocycles. The second-order valence-corrected chi connectivity index (χ2v) is 36.2. The van der Waals surface area contributed by atoms with Gasteiger partial charge in [0, 0.05) is 189 Å². The van der Waals surface area contributed by atoms with Gasteiger partial charge in [0.05, 0.1) is 98.5 Å². The molecule has 5 fully saturated rings. The number of hydrogen-bond acceptors (Lipinski definition) is 19. The number of carbonyl (C=O) groups excluding carboxylic acids is 4. The van der Waals surface area contributed by atoms with Gasteiger partial charge in [-0.2, -0.15) is 39.5 Å². The fourth-order valence-electron chi connectivity index (χ4n) is 17.2. The molecule has 6 aromatic rings. The van der Waals surface area contributed by atoms with Crippen LogP contribution in [0, 0.1) is 22.9 Å². The monoisotopic (exact) mass is 1860 g/mol. The van der Waals surface area contributed by atoms with Crippen LogP contribution in [0.4, 0.5) is 86.8 Å². The summed E-state index contributed by atoms with van der Waals surface area (Å²) in [6.07, 6.45) is -8.11. The van der Waals surface area contributed by atoms with Crippen LogP contribution in [0.15, 0.2) is 210 Å². The Balaban J connectivity index is 0.000000181. The number of benzene rings is 6. The molecule has 0 radical (unpaired) electrons. The van der Waals surface area contributed by atoms with Crippen LogP contribution >= 0.6 is 0 Å². The van der Waals surface area contributed by atoms with E-state index in [1.165, 1.54) is 31.4 Å². The van der Waals surface area contributed by atoms with Crippen LogP contribution in [0.1, 0.15) is 76.4 Å². The summed E-state index contributed by atoms with van der Waals surface area (Å²) in [6.45, 7) is 38.4. The third-order valence-corrected chi connectivity index (χ3v) is 23.4. The molecule has 5 saturated heterocycles. The standard InChI is InChI=1S/C36H45F4N5O4.C32H37F4N5O2.C30H33F4N5O2/c1-22-15-27(36(38,39)40)26(19-41-22)32(46)42-29-16-23(9-10-30(29)45-13-11-44(7)12-14-45)24-17-25(31(18-28(24)37)49-21-48-8)33(47)43-35(5,6)20-34(2,3)4;1-20-13-27(32(34,35)36)26(16-37-20)31(42)38-29-15-24(6-8-30(29)41-11-9-39(4)10-12-41)25-14-23(5-7-28(25)33)19-40-17-21(2)43-22(3)18-40;1-20-15-25(30(32,33)34)24(18-35-20)29(40)36-27-17-22(4-6-28(27)39-9-7-37(2)8-10-39)23-16-21(3-5-26(23)31)19-38-11-13-41-14-12-38/h9-10,15-19,41H,1,11-14,20-21H2,2-8H3,(H,42,46)(H,43,47);5-8,13-16,21-22,37H,1,9-12,17-19H2,2-4H3,(H,38,42);3-6,15-18,35H,1,7-14,19H2,2H3,(H,36,40)/t;21-,22+;. The summed E-state index contributed by atoms with van der Waals surface area (Å²) in [7, 11) is 7.40. The van der Waals surface area contributed by atoms with E-state index < -0.39 is 98.6 Å². The lowest BCUT2D eigenvalue weighted by molar-refractivity contribution is -0.115. The van der Waals surface area contributed by atoms with E-state index in [0.29, 0.717) is 123 Å². The third kappa shape index (κ3) is 26.7. The van der Waals surface area contributed by atoms with Gasteiger partial charge in [-0.25, -0.2) is 13.2 Å². The Bertz CT molecular complexity index is 5520. The Morgan fingerprint density at radius 3 is 1.15 bits per heavy atom. The highest BCUT2D eigenvalue weighted by Gasteiger charge is 2.44. The van der Waals surface area contributed by atoms with Crippen LogP contribution in [0.3, 0.4) is 0 Å². The number of halogens is 12. The third-order valence-electron chi connectivity index (χ3n) is 23.4. The molecule has 0 unspecified atom stereocenters. The van der Waals surface area contributed by atoms with Crippen LogP contribution in [0.2, 0.25) is 0 Å². The maximum Gasteiger partial charge on any atom is 0.417 e. The number of morpholine rings is 2. The number of ether oxygens (including phenoxy) is 4. The summed E-state index contributed by atoms with van der Waals surface area (Å²) in [4.78, 5) is 71.0. The molecule has 8 heterocycles. The Morgan fingerprint density at radius 1 is 0.451 bits per heavy atom. The van der Waals surface area contributed by atoms with Crippen molar-refractivity contribution >= 4 is 57.8 Å². The van der Waals surface area contributed by atoms with Crippen molar-refractivity contribution in [3.05, 3.63) is 244 Å². The highest BCUT2D eigenvalue weighted by atomic mass is 19.4. The number of nitrogens with one attached hydrogen (secondary N) is 7. The predicted octanol–water partition coefficient (Wildman–Crippen LogP) is 16.4. The van der Waals surface area contributed by atoms with Crippen molar-refractivity contribution < 1.29 is 90.8 Å². The van der Waals surface area contributed by atoms with Gasteiger partial charge in [-0.05, 0) is 173 Å². The number of alkyl halides is 9. The van der Waals surface area contributed by atoms with Gasteiger partial charge in [-0.15, -0.1) is 0 Å². The zero-order valence-corrected chi connectivity index (χ0v) is 76.5. The summed E-state index contributed by atoms with van der Waals surface area (Å²) < 4.78 is 193. The van der Waals surface area contributed by atoms with Gasteiger partial charge < -0.3 is 85.6 Å². The molecular weight excluding hydrogens is 1740 g/mol. The number of anilines is 6. The highest BCUT2D eigenvalue weighted by molar-refractivity contribution is 6.11. The van der Waals surface area contributed by atoms with Crippen molar-refractivity contribution in [2.24, 2.45) is 5.41 Å². The molecule has 14 rings (SSSR count). The number of carbonyl (C=O) groups is 4. The van der Waals surface area contributed by atoms with Crippen molar-refractivity contribution in [2.75, 3.05) is 184 Å². The summed E-state index contributed by atoms with van der Waals surface area (Å²) in [5, 5.41) is 18.9. The van der Waals surface area contributed by atoms with Gasteiger partial charge in [-0.1, -0.05) is 70.8 Å². The van der Waals surface area contributed by atoms with Crippen molar-refractivity contribution in [2.45, 2.75) is 104 Å². The first kappa shape index (κ1) is 100. The molecule has 2 atom stereocenters. The fraction of sp³-hybridized carbons (Fsp3) is 0.408. The van der Waals surface area contributed by atoms with Gasteiger partial charge >= 0.3 is 18.5 Å². The lowest BCUT2D eigenvalue weighted by Gasteiger charge is -2.35. The molecule has 8 aliphatic heterocycles. The van der Waals surface area contributed by atoms with Crippen LogP contribution in [-0.4, -0.2) is 237 Å². The Morgan fingerprint density at radius 2 is 0.805 bits per heavy atom. The normalized spacial score (nSPS) is 18.9. The van der Waals surface area contributed by atoms with E-state index in [-0.39, 0.29) is 69.6 Å². The smallest absolute Gasteiger partial charge is 0.417 e. The maximum atomic E-state index is 15.9. The number of allylic oxidation sites excluding steroid dienone is 3. The van der Waals surface area contributed by atoms with Gasteiger partial charge in [0.15, 0.2) is 6.79 Å². The van der Waals surface area contributed by atoms with E-state index in [0.717, 1.165) is 119 Å². The van der Waals surface area contributed by atoms with E-state index in [1.807, 2.05) is 53.7 Å². The molecule has 6 aromatic carbocycles. The first-order valence-electron chi connectivity index (χ1n) is 43.8. The molecule has 35 heteroatoms. The number of likely N-dealkylation sites (N-methyl/N-ethyl adjacent to an activating group) is 3. The van der Waals surface area contributed by atoms with Gasteiger partial charge in [-0.3, -0.25) is 29.0 Å². The number of rotatable bonds is 22. The summed E-state index contributed by atoms with van der Waals surface area (Å²) >= 11 is 0. The van der Waals surface area contributed by atoms with Crippen LogP contribution in [0.25, 0.3) is 33.4 Å². The minimum absolute atomic E-state index is 0.0148. The van der Waals surface area contributed by atoms with E-state index in [2.05, 4.69) is 112 Å². The lowest BCUT2D eigenvalue weighted by Crippen LogP contribution is -2.45. The quantitative estimate of drug-likeness (QED) is 0.0248. The van der Waals surface area contributed by atoms with Crippen molar-refractivity contribution in [3.63, 3.8) is 0 Å². The molecule has 8 aliphatic rings. The highest BCUT2D eigenvalue weighted by Crippen LogP contribution is 2.44. The van der Waals surface area contributed by atoms with Crippen molar-refractivity contribution in [1.29, 1.82) is 0 Å². The largest absolute Gasteiger partial charge is 0.467 e. The number of amides is 4. The first-order valence-corrected chi connectivity index (χ1v) is 43.8. The number of dihydropyridines is 3. The van der Waals surface area contributed by atoms with Gasteiger partial charge in [0.25, 0.3) is 23.6 Å². The first-order chi connectivity index (χ1) is 62.7. The van der Waals surface area contributed by atoms with E-state index in [9.17, 15) is 58.7 Å². The maximum absolute atomic E-state index is 15.9. The second kappa shape index (κ2) is 42.7. The number of methoxy groups -OCH3 is 1. The Kier molecular flexibility index (Phi) is 32.2. The van der Waals surface area contributed by atoms with Crippen LogP contribution in [0.5, 0.6) is 5.75 Å². The fourth-order valence-corrected chi connectivity index (χ4v) is 17.2. The number of hydrogen-bond donors (Lipinski definition) is 7. The number of nitrogens with zero attached hydrogens (tertiary/aromatic N) is 8. The zero-order valence-electron chi connectivity index (χ0n) is 76.5. The summed E-state index contributed by atoms with van der Waals surface area (Å²) in [5.41, 5.74) is 0.842. The molecule has 0 spiro atoms. The zero-order chi connectivity index (χ0) is 96.3. The SMILES string of the molecule is C=C1C=C(C(F)(F)F)C(C(=O)Nc2cc(-c3cc(C(=O)NC(C)(C)CC(C)(C)C)c(OCOC)cc3F)ccc2N2CCN(C)CC2)=CN1.C=C1C=C(C(F)(F)F)C(C(=O)Nc2cc(-c3cc(CN4CCOCC4)ccc3F)ccc2N2CCN(C)CC2)=CN1.C=C1C=C(C(F)(F)F)C(C(=O)Nc2cc(-c3cc(CN4C[C@@H](C)O[C@@H](C)C4)ccc3F)ccc2N2CCN(C)CC2)=CN1. The van der Waals surface area contributed by atoms with Crippen LogP contribution < -0.4 is 56.7 Å². The van der Waals surface area contributed by atoms with Gasteiger partial charge in [0.2, 0.25) is 0 Å². The molecule has 714 valence electrons. The van der Waals surface area contributed by atoms with Crippen molar-refractivity contribution in [1.82, 2.24) is 45.8 Å². The topological polar surface area (TPSA) is 215 Å². The number of piperazine rings is 3. The van der Waals surface area contributed by atoms with Crippen molar-refractivity contribution in [3.8, 4) is 39.1 Å². The van der Waals surface area contributed by atoms with Gasteiger partial charge in [0.1, 0.15) is 23.2 Å². The molecular formula is C98H115F12N15O8. The lowest BCUT2D eigenvalue weighted by atomic mass is 9.81. The van der Waals surface area contributed by atoms with Crippen LogP contribution in [-0.2, 0) is 41.7 Å². The molecule has 0 aromatic heterocycles. The minimum atomic E-state index is -4.81. The van der Waals surface area contributed by atoms with E-state index >= 15 is 13.2 Å². The molecule has 7 N–H and O–H groups in total. The average Bonchev–Trinajstić information content (AvgIpc) is 0.776.